The predicted molar refractivity (Wildman–Crippen MR) is 50.9 cm³/mol. The second kappa shape index (κ2) is 3.50. The number of dihydropyridines is 1. The summed E-state index contributed by atoms with van der Waals surface area (Å²) in [5, 5.41) is -1.53. The molecule has 0 aromatic carbocycles. The molecule has 14 heavy (non-hydrogen) atoms. The van der Waals surface area contributed by atoms with Crippen LogP contribution in [0.1, 0.15) is 0 Å². The van der Waals surface area contributed by atoms with Crippen molar-refractivity contribution in [2.24, 2.45) is 4.99 Å². The molecule has 0 aliphatic carbocycles. The van der Waals surface area contributed by atoms with E-state index in [1.165, 1.54) is 7.11 Å². The molecule has 1 aliphatic rings. The molecule has 0 saturated carbocycles. The van der Waals surface area contributed by atoms with Crippen LogP contribution in [-0.4, -0.2) is 29.0 Å². The van der Waals surface area contributed by atoms with Gasteiger partial charge in [-0.2, -0.15) is 13.2 Å². The number of allylic oxidation sites excluding steroid dienone is 1. The minimum atomic E-state index is -4.46. The molecule has 0 saturated heterocycles. The van der Waals surface area contributed by atoms with E-state index in [1.807, 2.05) is 0 Å². The fourth-order valence-corrected chi connectivity index (χ4v) is 1.13. The molecule has 0 aromatic rings. The van der Waals surface area contributed by atoms with E-state index in [-0.39, 0.29) is 0 Å². The van der Waals surface area contributed by atoms with Gasteiger partial charge in [-0.3, -0.25) is 0 Å². The first-order valence-corrected chi connectivity index (χ1v) is 4.66. The first-order valence-electron chi connectivity index (χ1n) is 3.49. The van der Waals surface area contributed by atoms with E-state index in [2.05, 4.69) is 25.7 Å². The lowest BCUT2D eigenvalue weighted by Crippen LogP contribution is -2.42. The molecule has 2 atom stereocenters. The van der Waals surface area contributed by atoms with E-state index in [9.17, 15) is 13.2 Å². The summed E-state index contributed by atoms with van der Waals surface area (Å²) in [6.07, 6.45) is -1.89. The number of halogens is 5. The summed E-state index contributed by atoms with van der Waals surface area (Å²) in [5.74, 6) is 0. The molecule has 7 heteroatoms. The Bertz CT molecular complexity index is 275. The molecule has 0 bridgehead atoms. The molecule has 1 aliphatic heterocycles. The van der Waals surface area contributed by atoms with Crippen LogP contribution in [0.4, 0.5) is 13.2 Å². The molecule has 2 nitrogen and oxygen atoms in total. The molecular weight excluding hydrogens is 286 g/mol. The van der Waals surface area contributed by atoms with Crippen molar-refractivity contribution < 1.29 is 17.9 Å². The fraction of sp³-hybridized carbons (Fsp3) is 0.571. The second-order valence-corrected chi connectivity index (χ2v) is 4.52. The van der Waals surface area contributed by atoms with E-state index in [0.717, 1.165) is 12.2 Å². The first kappa shape index (κ1) is 12.0. The van der Waals surface area contributed by atoms with Crippen LogP contribution < -0.4 is 0 Å². The van der Waals surface area contributed by atoms with Crippen LogP contribution in [0, 0.1) is 0 Å². The Hall–Kier alpha value is -0.0700. The zero-order valence-electron chi connectivity index (χ0n) is 6.98. The van der Waals surface area contributed by atoms with E-state index >= 15 is 0 Å². The summed E-state index contributed by atoms with van der Waals surface area (Å²) in [5.41, 5.74) is 0. The number of aliphatic imine (C=N–C) groups is 1. The van der Waals surface area contributed by atoms with Crippen molar-refractivity contribution in [3.63, 3.8) is 0 Å². The minimum absolute atomic E-state index is 0.670. The standard InChI is InChI=1S/C7H6BrClF3NO/c1-14-6(9)3-2-5(8,4-13-6)7(10,11)12/h2-4H,1H3. The molecule has 0 N–H and O–H groups in total. The number of hydrogen-bond acceptors (Lipinski definition) is 2. The highest BCUT2D eigenvalue weighted by molar-refractivity contribution is 9.10. The highest BCUT2D eigenvalue weighted by atomic mass is 79.9. The van der Waals surface area contributed by atoms with Crippen LogP contribution in [-0.2, 0) is 4.74 Å². The van der Waals surface area contributed by atoms with E-state index in [4.69, 9.17) is 11.6 Å². The van der Waals surface area contributed by atoms with Crippen molar-refractivity contribution in [3.05, 3.63) is 12.2 Å². The SMILES string of the molecule is COC1(Cl)C=CC(Br)(C(F)(F)F)C=N1. The largest absolute Gasteiger partial charge is 0.412 e. The van der Waals surface area contributed by atoms with Gasteiger partial charge in [0.25, 0.3) is 5.18 Å². The van der Waals surface area contributed by atoms with Gasteiger partial charge in [-0.1, -0.05) is 33.6 Å². The minimum Gasteiger partial charge on any atom is -0.341 e. The molecule has 0 radical (unpaired) electrons. The van der Waals surface area contributed by atoms with E-state index < -0.39 is 15.7 Å². The number of methoxy groups -OCH3 is 1. The fourth-order valence-electron chi connectivity index (χ4n) is 0.781. The maximum absolute atomic E-state index is 12.4. The smallest absolute Gasteiger partial charge is 0.341 e. The van der Waals surface area contributed by atoms with Gasteiger partial charge in [0, 0.05) is 13.3 Å². The van der Waals surface area contributed by atoms with Gasteiger partial charge in [0.15, 0.2) is 4.32 Å². The normalized spacial score (nSPS) is 37.6. The Balaban J connectivity index is 2.95. The van der Waals surface area contributed by atoms with Gasteiger partial charge in [0.2, 0.25) is 0 Å². The monoisotopic (exact) mass is 291 g/mol. The highest BCUT2D eigenvalue weighted by Gasteiger charge is 2.52. The van der Waals surface area contributed by atoms with Gasteiger partial charge < -0.3 is 4.74 Å². The van der Waals surface area contributed by atoms with Crippen LogP contribution in [0.25, 0.3) is 0 Å². The van der Waals surface area contributed by atoms with Crippen molar-refractivity contribution in [3.8, 4) is 0 Å². The summed E-state index contributed by atoms with van der Waals surface area (Å²) in [7, 11) is 1.25. The van der Waals surface area contributed by atoms with Gasteiger partial charge in [-0.25, -0.2) is 4.99 Å². The molecule has 0 fully saturated rings. The molecule has 1 rings (SSSR count). The number of hydrogen-bond donors (Lipinski definition) is 0. The number of ether oxygens (including phenoxy) is 1. The molecule has 0 aromatic heterocycles. The third-order valence-electron chi connectivity index (χ3n) is 1.68. The zero-order valence-corrected chi connectivity index (χ0v) is 9.32. The summed E-state index contributed by atoms with van der Waals surface area (Å²) < 4.78 is 39.6. The van der Waals surface area contributed by atoms with Crippen LogP contribution in [0.3, 0.4) is 0 Å². The van der Waals surface area contributed by atoms with Crippen LogP contribution in [0.15, 0.2) is 17.1 Å². The van der Waals surface area contributed by atoms with Gasteiger partial charge in [0.1, 0.15) is 0 Å². The number of nitrogens with zero attached hydrogens (tertiary/aromatic N) is 1. The topological polar surface area (TPSA) is 21.6 Å². The lowest BCUT2D eigenvalue weighted by molar-refractivity contribution is -0.130. The average Bonchev–Trinajstić information content (AvgIpc) is 2.09. The van der Waals surface area contributed by atoms with E-state index in [1.54, 1.807) is 0 Å². The molecule has 2 unspecified atom stereocenters. The third kappa shape index (κ3) is 2.12. The summed E-state index contributed by atoms with van der Waals surface area (Å²) in [6.45, 7) is 0. The lowest BCUT2D eigenvalue weighted by atomic mass is 10.1. The van der Waals surface area contributed by atoms with E-state index in [0.29, 0.717) is 6.21 Å². The molecule has 0 amide bonds. The Morgan fingerprint density at radius 3 is 2.29 bits per heavy atom. The highest BCUT2D eigenvalue weighted by Crippen LogP contribution is 2.41. The van der Waals surface area contributed by atoms with Crippen molar-refractivity contribution in [2.45, 2.75) is 15.7 Å². The molecule has 0 spiro atoms. The van der Waals surface area contributed by atoms with Gasteiger partial charge in [0.05, 0.1) is 0 Å². The van der Waals surface area contributed by atoms with Crippen LogP contribution in [0.2, 0.25) is 0 Å². The van der Waals surface area contributed by atoms with Gasteiger partial charge in [-0.05, 0) is 6.08 Å². The second-order valence-electron chi connectivity index (χ2n) is 2.67. The molecular formula is C7H6BrClF3NO. The number of alkyl halides is 5. The predicted octanol–water partition coefficient (Wildman–Crippen LogP) is 2.86. The van der Waals surface area contributed by atoms with Crippen LogP contribution in [0.5, 0.6) is 0 Å². The number of rotatable bonds is 1. The Morgan fingerprint density at radius 2 is 2.00 bits per heavy atom. The van der Waals surface area contributed by atoms with Crippen molar-refractivity contribution in [2.75, 3.05) is 7.11 Å². The Kier molecular flexibility index (Phi) is 3.00. The lowest BCUT2D eigenvalue weighted by Gasteiger charge is -2.29. The zero-order chi connectivity index (χ0) is 11.0. The quantitative estimate of drug-likeness (QED) is 0.414. The maximum Gasteiger partial charge on any atom is 0.412 e. The van der Waals surface area contributed by atoms with Crippen molar-refractivity contribution in [1.29, 1.82) is 0 Å². The molecule has 80 valence electrons. The summed E-state index contributed by atoms with van der Waals surface area (Å²) in [6, 6.07) is 0. The maximum atomic E-state index is 12.4. The molecule has 1 heterocycles. The third-order valence-corrected chi connectivity index (χ3v) is 2.98. The summed E-state index contributed by atoms with van der Waals surface area (Å²) in [4.78, 5) is 3.46. The van der Waals surface area contributed by atoms with Gasteiger partial charge >= 0.3 is 6.18 Å². The summed E-state index contributed by atoms with van der Waals surface area (Å²) >= 11 is 8.16. The Labute approximate surface area is 91.9 Å². The Morgan fingerprint density at radius 1 is 1.43 bits per heavy atom. The van der Waals surface area contributed by atoms with Gasteiger partial charge in [-0.15, -0.1) is 0 Å². The van der Waals surface area contributed by atoms with Crippen molar-refractivity contribution in [1.82, 2.24) is 0 Å². The van der Waals surface area contributed by atoms with Crippen LogP contribution >= 0.6 is 27.5 Å². The average molecular weight is 292 g/mol. The van der Waals surface area contributed by atoms with Crippen molar-refractivity contribution >= 4 is 33.7 Å². The first-order chi connectivity index (χ1) is 6.22.